The van der Waals surface area contributed by atoms with E-state index in [-0.39, 0.29) is 18.0 Å². The number of benzene rings is 2. The zero-order chi connectivity index (χ0) is 25.8. The molecule has 37 heavy (non-hydrogen) atoms. The highest BCUT2D eigenvalue weighted by molar-refractivity contribution is 5.83. The Kier molecular flexibility index (Phi) is 7.70. The van der Waals surface area contributed by atoms with Gasteiger partial charge in [-0.2, -0.15) is 5.26 Å². The highest BCUT2D eigenvalue weighted by Gasteiger charge is 2.40. The van der Waals surface area contributed by atoms with Gasteiger partial charge in [0.2, 0.25) is 5.91 Å². The molecular weight excluding hydrogens is 472 g/mol. The number of aromatic nitrogens is 1. The van der Waals surface area contributed by atoms with Crippen LogP contribution in [0.25, 0.3) is 22.2 Å². The minimum absolute atomic E-state index is 0.128. The van der Waals surface area contributed by atoms with Crippen LogP contribution in [0, 0.1) is 17.2 Å². The van der Waals surface area contributed by atoms with Gasteiger partial charge in [0.1, 0.15) is 6.04 Å². The average molecular weight is 505 g/mol. The van der Waals surface area contributed by atoms with Crippen molar-refractivity contribution in [2.75, 3.05) is 26.4 Å². The molecule has 2 N–H and O–H groups in total. The number of hydrogen-bond donors (Lipinski definition) is 2. The van der Waals surface area contributed by atoms with E-state index in [1.54, 1.807) is 4.57 Å². The van der Waals surface area contributed by atoms with E-state index in [2.05, 4.69) is 16.7 Å². The molecule has 3 aromatic rings. The third-order valence-electron chi connectivity index (χ3n) is 7.14. The zero-order valence-electron chi connectivity index (χ0n) is 20.9. The minimum Gasteiger partial charge on any atom is -0.408 e. The molecule has 0 aliphatic carbocycles. The standard InChI is InChI=1S/C28H32N4O5/c1-2-10-35-11-9-32-25-14-20(7-8-26(25)37-28(32)34)19-5-3-18(4-6-19)12-22(15-29)30-27(33)23-13-21-16-36-17-24(21)31-23/h3-8,14,21-24,31H,2,9-13,16-17H2,1H3,(H,30,33)/t21-,22+,23+,24+/m1/s1. The highest BCUT2D eigenvalue weighted by Crippen LogP contribution is 2.27. The quantitative estimate of drug-likeness (QED) is 0.408. The maximum absolute atomic E-state index is 12.7. The largest absolute Gasteiger partial charge is 0.420 e. The summed E-state index contributed by atoms with van der Waals surface area (Å²) in [5, 5.41) is 15.9. The Morgan fingerprint density at radius 3 is 2.78 bits per heavy atom. The molecule has 0 saturated carbocycles. The van der Waals surface area contributed by atoms with E-state index in [1.165, 1.54) is 0 Å². The molecular formula is C28H32N4O5. The predicted molar refractivity (Wildman–Crippen MR) is 138 cm³/mol. The van der Waals surface area contributed by atoms with Gasteiger partial charge < -0.3 is 24.5 Å². The first-order chi connectivity index (χ1) is 18.1. The monoisotopic (exact) mass is 504 g/mol. The fourth-order valence-electron chi connectivity index (χ4n) is 5.15. The van der Waals surface area contributed by atoms with Gasteiger partial charge in [-0.3, -0.25) is 9.36 Å². The SMILES string of the molecule is CCCOCCn1c(=O)oc2ccc(-c3ccc(C[C@@H](C#N)NC(=O)[C@@H]4C[C@@H]5COC[C@@H]5N4)cc3)cc21. The van der Waals surface area contributed by atoms with E-state index in [0.29, 0.717) is 50.9 Å². The van der Waals surface area contributed by atoms with Crippen LogP contribution >= 0.6 is 0 Å². The number of nitrogens with zero attached hydrogens (tertiary/aromatic N) is 2. The number of nitrogens with one attached hydrogen (secondary N) is 2. The number of rotatable bonds is 10. The first kappa shape index (κ1) is 25.2. The maximum Gasteiger partial charge on any atom is 0.420 e. The Balaban J connectivity index is 1.23. The van der Waals surface area contributed by atoms with Crippen molar-refractivity contribution in [3.8, 4) is 17.2 Å². The molecule has 194 valence electrons. The molecule has 5 rings (SSSR count). The topological polar surface area (TPSA) is 119 Å². The van der Waals surface area contributed by atoms with Crippen LogP contribution in [0.15, 0.2) is 51.7 Å². The first-order valence-corrected chi connectivity index (χ1v) is 12.9. The highest BCUT2D eigenvalue weighted by atomic mass is 16.5. The maximum atomic E-state index is 12.7. The molecule has 0 bridgehead atoms. The van der Waals surface area contributed by atoms with E-state index < -0.39 is 11.8 Å². The lowest BCUT2D eigenvalue weighted by atomic mass is 10.00. The van der Waals surface area contributed by atoms with Gasteiger partial charge in [0.25, 0.3) is 0 Å². The fourth-order valence-corrected chi connectivity index (χ4v) is 5.15. The number of hydrogen-bond acceptors (Lipinski definition) is 7. The first-order valence-electron chi connectivity index (χ1n) is 12.9. The van der Waals surface area contributed by atoms with E-state index in [4.69, 9.17) is 13.9 Å². The molecule has 9 nitrogen and oxygen atoms in total. The molecule has 4 atom stereocenters. The molecule has 1 amide bonds. The Labute approximate surface area is 215 Å². The summed E-state index contributed by atoms with van der Waals surface area (Å²) in [7, 11) is 0. The summed E-state index contributed by atoms with van der Waals surface area (Å²) in [4.78, 5) is 25.0. The smallest absolute Gasteiger partial charge is 0.408 e. The summed E-state index contributed by atoms with van der Waals surface area (Å²) in [6.07, 6.45) is 2.09. The lowest BCUT2D eigenvalue weighted by Crippen LogP contribution is -2.47. The summed E-state index contributed by atoms with van der Waals surface area (Å²) in [5.74, 6) is -0.150. The molecule has 0 spiro atoms. The van der Waals surface area contributed by atoms with Crippen LogP contribution in [0.5, 0.6) is 0 Å². The van der Waals surface area contributed by atoms with Crippen molar-refractivity contribution >= 4 is 17.0 Å². The third-order valence-corrected chi connectivity index (χ3v) is 7.14. The normalized spacial score (nSPS) is 21.6. The van der Waals surface area contributed by atoms with Crippen LogP contribution in [0.3, 0.4) is 0 Å². The van der Waals surface area contributed by atoms with Gasteiger partial charge in [0.15, 0.2) is 5.58 Å². The number of ether oxygens (including phenoxy) is 2. The second-order valence-corrected chi connectivity index (χ2v) is 9.76. The molecule has 3 heterocycles. The molecule has 1 aromatic heterocycles. The van der Waals surface area contributed by atoms with E-state index >= 15 is 0 Å². The lowest BCUT2D eigenvalue weighted by Gasteiger charge is -2.17. The van der Waals surface area contributed by atoms with Crippen LogP contribution in [-0.4, -0.2) is 55.0 Å². The molecule has 2 aromatic carbocycles. The lowest BCUT2D eigenvalue weighted by molar-refractivity contribution is -0.123. The van der Waals surface area contributed by atoms with Crippen molar-refractivity contribution < 1.29 is 18.7 Å². The summed E-state index contributed by atoms with van der Waals surface area (Å²) in [5.41, 5.74) is 4.16. The van der Waals surface area contributed by atoms with Gasteiger partial charge in [0, 0.05) is 25.0 Å². The van der Waals surface area contributed by atoms with Crippen molar-refractivity contribution in [3.63, 3.8) is 0 Å². The van der Waals surface area contributed by atoms with E-state index in [0.717, 1.165) is 35.0 Å². The zero-order valence-corrected chi connectivity index (χ0v) is 20.9. The van der Waals surface area contributed by atoms with Gasteiger partial charge in [0.05, 0.1) is 44.0 Å². The van der Waals surface area contributed by atoms with Crippen molar-refractivity contribution in [1.82, 2.24) is 15.2 Å². The van der Waals surface area contributed by atoms with E-state index in [9.17, 15) is 14.9 Å². The van der Waals surface area contributed by atoms with Crippen LogP contribution in [0.1, 0.15) is 25.3 Å². The number of carbonyl (C=O) groups is 1. The second kappa shape index (κ2) is 11.3. The Bertz CT molecular complexity index is 1330. The number of amides is 1. The Morgan fingerprint density at radius 2 is 2.03 bits per heavy atom. The van der Waals surface area contributed by atoms with Crippen molar-refractivity contribution in [2.45, 2.75) is 50.9 Å². The van der Waals surface area contributed by atoms with Gasteiger partial charge in [-0.15, -0.1) is 0 Å². The number of carbonyl (C=O) groups excluding carboxylic acids is 1. The van der Waals surface area contributed by atoms with Gasteiger partial charge in [-0.05, 0) is 41.7 Å². The Hall–Kier alpha value is -3.45. The van der Waals surface area contributed by atoms with Gasteiger partial charge in [-0.1, -0.05) is 37.3 Å². The summed E-state index contributed by atoms with van der Waals surface area (Å²) < 4.78 is 18.0. The molecule has 0 radical (unpaired) electrons. The van der Waals surface area contributed by atoms with Gasteiger partial charge in [-0.25, -0.2) is 4.79 Å². The van der Waals surface area contributed by atoms with Crippen LogP contribution in [0.4, 0.5) is 0 Å². The van der Waals surface area contributed by atoms with Crippen LogP contribution in [-0.2, 0) is 27.2 Å². The molecule has 9 heteroatoms. The van der Waals surface area contributed by atoms with Crippen molar-refractivity contribution in [3.05, 3.63) is 58.6 Å². The molecule has 2 aliphatic heterocycles. The average Bonchev–Trinajstić information content (AvgIpc) is 3.60. The van der Waals surface area contributed by atoms with Gasteiger partial charge >= 0.3 is 5.76 Å². The van der Waals surface area contributed by atoms with Crippen molar-refractivity contribution in [2.24, 2.45) is 5.92 Å². The third kappa shape index (κ3) is 5.62. The minimum atomic E-state index is -0.608. The van der Waals surface area contributed by atoms with Crippen LogP contribution in [0.2, 0.25) is 0 Å². The fraction of sp³-hybridized carbons (Fsp3) is 0.464. The number of oxazole rings is 1. The molecule has 2 fully saturated rings. The number of nitriles is 1. The summed E-state index contributed by atoms with van der Waals surface area (Å²) in [6, 6.07) is 15.1. The second-order valence-electron chi connectivity index (χ2n) is 9.76. The number of fused-ring (bicyclic) bond motifs is 2. The van der Waals surface area contributed by atoms with E-state index in [1.807, 2.05) is 49.4 Å². The van der Waals surface area contributed by atoms with Crippen LogP contribution < -0.4 is 16.4 Å². The summed E-state index contributed by atoms with van der Waals surface area (Å²) in [6.45, 7) is 4.91. The molecule has 2 saturated heterocycles. The molecule has 0 unspecified atom stereocenters. The summed E-state index contributed by atoms with van der Waals surface area (Å²) >= 11 is 0. The van der Waals surface area contributed by atoms with Crippen molar-refractivity contribution in [1.29, 1.82) is 5.26 Å². The molecule has 2 aliphatic rings. The Morgan fingerprint density at radius 1 is 1.22 bits per heavy atom. The predicted octanol–water partition coefficient (Wildman–Crippen LogP) is 2.62.